The number of hydrogen-bond donors (Lipinski definition) is 0. The Hall–Kier alpha value is -1.73. The molecule has 2 heterocycles. The number of amides is 1. The molecule has 3 rings (SSSR count). The minimum Gasteiger partial charge on any atom is -0.375 e. The second-order valence-electron chi connectivity index (χ2n) is 6.21. The van der Waals surface area contributed by atoms with E-state index >= 15 is 0 Å². The highest BCUT2D eigenvalue weighted by molar-refractivity contribution is 7.09. The number of aryl methyl sites for hydroxylation is 1. The van der Waals surface area contributed by atoms with Gasteiger partial charge in [0.15, 0.2) is 5.69 Å². The van der Waals surface area contributed by atoms with Crippen LogP contribution in [0.15, 0.2) is 9.90 Å². The molecule has 0 radical (unpaired) electrons. The van der Waals surface area contributed by atoms with Gasteiger partial charge in [-0.3, -0.25) is 4.79 Å². The van der Waals surface area contributed by atoms with Crippen LogP contribution >= 0.6 is 11.3 Å². The number of hydrogen-bond acceptors (Lipinski definition) is 6. The van der Waals surface area contributed by atoms with Crippen molar-refractivity contribution in [2.75, 3.05) is 14.2 Å². The molecule has 1 amide bonds. The minimum atomic E-state index is -0.101. The molecule has 1 aliphatic rings. The van der Waals surface area contributed by atoms with Crippen molar-refractivity contribution in [2.24, 2.45) is 0 Å². The Bertz CT molecular complexity index is 710. The van der Waals surface area contributed by atoms with E-state index in [4.69, 9.17) is 9.26 Å². The number of methoxy groups -OCH3 is 1. The lowest BCUT2D eigenvalue weighted by atomic mass is 10.1. The zero-order valence-electron chi connectivity index (χ0n) is 14.4. The van der Waals surface area contributed by atoms with E-state index in [1.165, 1.54) is 6.42 Å². The highest BCUT2D eigenvalue weighted by atomic mass is 32.1. The molecule has 7 heteroatoms. The van der Waals surface area contributed by atoms with Crippen LogP contribution in [0.2, 0.25) is 0 Å². The van der Waals surface area contributed by atoms with Crippen molar-refractivity contribution in [1.29, 1.82) is 0 Å². The fraction of sp³-hybridized carbons (Fsp3) is 0.588. The Morgan fingerprint density at radius 3 is 3.00 bits per heavy atom. The van der Waals surface area contributed by atoms with Crippen LogP contribution in [0.4, 0.5) is 0 Å². The summed E-state index contributed by atoms with van der Waals surface area (Å²) in [6.07, 6.45) is 5.08. The van der Waals surface area contributed by atoms with E-state index in [1.54, 1.807) is 30.4 Å². The molecule has 0 saturated heterocycles. The summed E-state index contributed by atoms with van der Waals surface area (Å²) < 4.78 is 10.7. The van der Waals surface area contributed by atoms with Gasteiger partial charge < -0.3 is 14.2 Å². The fourth-order valence-electron chi connectivity index (χ4n) is 2.91. The molecule has 0 aliphatic heterocycles. The van der Waals surface area contributed by atoms with Crippen molar-refractivity contribution >= 4 is 17.2 Å². The lowest BCUT2D eigenvalue weighted by molar-refractivity contribution is 0.0771. The molecular weight excluding hydrogens is 326 g/mol. The minimum absolute atomic E-state index is 0.0314. The summed E-state index contributed by atoms with van der Waals surface area (Å²) in [4.78, 5) is 18.9. The van der Waals surface area contributed by atoms with Crippen molar-refractivity contribution in [3.8, 4) is 0 Å². The highest BCUT2D eigenvalue weighted by Crippen LogP contribution is 2.25. The summed E-state index contributed by atoms with van der Waals surface area (Å²) in [5.74, 6) is 0.783. The van der Waals surface area contributed by atoms with Gasteiger partial charge in [-0.2, -0.15) is 0 Å². The first-order valence-corrected chi connectivity index (χ1v) is 9.18. The molecule has 0 unspecified atom stereocenters. The predicted molar refractivity (Wildman–Crippen MR) is 91.1 cm³/mol. The lowest BCUT2D eigenvalue weighted by Gasteiger charge is -2.15. The molecule has 0 saturated carbocycles. The van der Waals surface area contributed by atoms with Crippen molar-refractivity contribution in [3.05, 3.63) is 33.1 Å². The van der Waals surface area contributed by atoms with E-state index in [1.807, 2.05) is 12.3 Å². The largest absolute Gasteiger partial charge is 0.375 e. The van der Waals surface area contributed by atoms with Gasteiger partial charge in [-0.1, -0.05) is 11.6 Å². The quantitative estimate of drug-likeness (QED) is 0.774. The van der Waals surface area contributed by atoms with Crippen molar-refractivity contribution < 1.29 is 14.1 Å². The molecule has 130 valence electrons. The predicted octanol–water partition coefficient (Wildman–Crippen LogP) is 3.38. The van der Waals surface area contributed by atoms with Crippen molar-refractivity contribution in [1.82, 2.24) is 15.0 Å². The Kier molecular flexibility index (Phi) is 5.30. The number of nitrogens with zero attached hydrogens (tertiary/aromatic N) is 3. The smallest absolute Gasteiger partial charge is 0.276 e. The highest BCUT2D eigenvalue weighted by Gasteiger charge is 2.25. The molecule has 0 fully saturated rings. The van der Waals surface area contributed by atoms with Crippen LogP contribution in [0.5, 0.6) is 0 Å². The molecule has 2 aromatic heterocycles. The van der Waals surface area contributed by atoms with Crippen LogP contribution in [-0.4, -0.2) is 35.1 Å². The molecule has 24 heavy (non-hydrogen) atoms. The molecule has 1 aliphatic carbocycles. The molecule has 0 aromatic carbocycles. The van der Waals surface area contributed by atoms with Crippen molar-refractivity contribution in [3.63, 3.8) is 0 Å². The first-order chi connectivity index (χ1) is 11.6. The summed E-state index contributed by atoms with van der Waals surface area (Å²) in [5.41, 5.74) is 2.33. The van der Waals surface area contributed by atoms with Crippen LogP contribution in [0.25, 0.3) is 0 Å². The summed E-state index contributed by atoms with van der Waals surface area (Å²) in [6, 6.07) is 0. The van der Waals surface area contributed by atoms with Crippen LogP contribution < -0.4 is 0 Å². The average Bonchev–Trinajstić information content (AvgIpc) is 3.14. The third-order valence-corrected chi connectivity index (χ3v) is 5.47. The number of thiazole rings is 1. The number of ether oxygens (including phenoxy) is 1. The normalized spacial score (nSPS) is 15.6. The number of fused-ring (bicyclic) bond motifs is 1. The van der Waals surface area contributed by atoms with Crippen LogP contribution in [-0.2, 0) is 24.1 Å². The van der Waals surface area contributed by atoms with Gasteiger partial charge in [0.25, 0.3) is 5.91 Å². The molecule has 0 bridgehead atoms. The summed E-state index contributed by atoms with van der Waals surface area (Å²) in [5, 5.41) is 6.94. The van der Waals surface area contributed by atoms with Gasteiger partial charge in [0.1, 0.15) is 16.9 Å². The molecule has 0 spiro atoms. The van der Waals surface area contributed by atoms with Gasteiger partial charge in [-0.15, -0.1) is 11.3 Å². The van der Waals surface area contributed by atoms with Gasteiger partial charge >= 0.3 is 0 Å². The van der Waals surface area contributed by atoms with Crippen LogP contribution in [0.1, 0.15) is 64.8 Å². The lowest BCUT2D eigenvalue weighted by Crippen LogP contribution is -2.27. The SMILES string of the molecule is CO[C@@H](C)c1nc(CN(C)C(=O)c2noc3c2CCCCC3)cs1. The maximum Gasteiger partial charge on any atom is 0.276 e. The average molecular weight is 349 g/mol. The molecular formula is C17H23N3O3S. The van der Waals surface area contributed by atoms with E-state index in [-0.39, 0.29) is 12.0 Å². The Labute approximate surface area is 145 Å². The Morgan fingerprint density at radius 2 is 2.21 bits per heavy atom. The molecule has 6 nitrogen and oxygen atoms in total. The summed E-state index contributed by atoms with van der Waals surface area (Å²) in [6.45, 7) is 2.41. The molecule has 0 N–H and O–H groups in total. The van der Waals surface area contributed by atoms with Crippen molar-refractivity contribution in [2.45, 2.75) is 51.7 Å². The van der Waals surface area contributed by atoms with Gasteiger partial charge in [0, 0.05) is 31.5 Å². The van der Waals surface area contributed by atoms with Gasteiger partial charge in [-0.05, 0) is 26.2 Å². The number of carbonyl (C=O) groups is 1. The van der Waals surface area contributed by atoms with Gasteiger partial charge in [0.2, 0.25) is 0 Å². The standard InChI is InChI=1S/C17H23N3O3S/c1-11(22-3)16-18-12(10-24-16)9-20(2)17(21)15-13-7-5-4-6-8-14(13)23-19-15/h10-11H,4-9H2,1-3H3/t11-/m0/s1. The molecule has 2 aromatic rings. The fourth-order valence-corrected chi connectivity index (χ4v) is 3.75. The molecule has 1 atom stereocenters. The number of rotatable bonds is 5. The second kappa shape index (κ2) is 7.44. The van der Waals surface area contributed by atoms with Crippen LogP contribution in [0, 0.1) is 0 Å². The monoisotopic (exact) mass is 349 g/mol. The van der Waals surface area contributed by atoms with E-state index in [0.717, 1.165) is 47.7 Å². The Balaban J connectivity index is 1.71. The number of carbonyl (C=O) groups excluding carboxylic acids is 1. The zero-order valence-corrected chi connectivity index (χ0v) is 15.2. The van der Waals surface area contributed by atoms with Gasteiger partial charge in [-0.25, -0.2) is 4.98 Å². The van der Waals surface area contributed by atoms with E-state index in [2.05, 4.69) is 10.1 Å². The maximum absolute atomic E-state index is 12.7. The first kappa shape index (κ1) is 17.1. The third kappa shape index (κ3) is 3.52. The van der Waals surface area contributed by atoms with E-state index in [9.17, 15) is 4.79 Å². The topological polar surface area (TPSA) is 68.5 Å². The van der Waals surface area contributed by atoms with E-state index in [0.29, 0.717) is 12.2 Å². The second-order valence-corrected chi connectivity index (χ2v) is 7.10. The zero-order chi connectivity index (χ0) is 17.1. The number of aromatic nitrogens is 2. The maximum atomic E-state index is 12.7. The summed E-state index contributed by atoms with van der Waals surface area (Å²) in [7, 11) is 3.44. The van der Waals surface area contributed by atoms with Crippen LogP contribution in [0.3, 0.4) is 0 Å². The Morgan fingerprint density at radius 1 is 1.42 bits per heavy atom. The summed E-state index contributed by atoms with van der Waals surface area (Å²) >= 11 is 1.55. The van der Waals surface area contributed by atoms with E-state index < -0.39 is 0 Å². The first-order valence-electron chi connectivity index (χ1n) is 8.30. The third-order valence-electron chi connectivity index (χ3n) is 4.42. The van der Waals surface area contributed by atoms with Gasteiger partial charge in [0.05, 0.1) is 12.2 Å².